The number of ether oxygens (including phenoxy) is 1. The maximum Gasteiger partial charge on any atom is 0.247 e. The Hall–Kier alpha value is -3.67. The summed E-state index contributed by atoms with van der Waals surface area (Å²) in [6.07, 6.45) is 2.37. The Labute approximate surface area is 169 Å². The van der Waals surface area contributed by atoms with E-state index in [-0.39, 0.29) is 5.78 Å². The number of carbonyl (C=O) groups excluding carboxylic acids is 1. The summed E-state index contributed by atoms with van der Waals surface area (Å²) in [4.78, 5) is 16.7. The molecule has 4 aromatic rings. The molecule has 146 valence electrons. The number of pyridine rings is 1. The topological polar surface area (TPSA) is 68.5 Å². The molecule has 6 heteroatoms. The van der Waals surface area contributed by atoms with E-state index in [1.807, 2.05) is 74.6 Å². The molecule has 29 heavy (non-hydrogen) atoms. The van der Waals surface area contributed by atoms with Gasteiger partial charge < -0.3 is 10.1 Å². The number of methoxy groups -OCH3 is 1. The molecule has 1 N–H and O–H groups in total. The third-order valence-electron chi connectivity index (χ3n) is 4.87. The van der Waals surface area contributed by atoms with E-state index in [9.17, 15) is 4.79 Å². The van der Waals surface area contributed by atoms with E-state index >= 15 is 0 Å². The molecule has 0 bridgehead atoms. The average molecular weight is 386 g/mol. The highest BCUT2D eigenvalue weighted by Gasteiger charge is 2.12. The van der Waals surface area contributed by atoms with Crippen molar-refractivity contribution < 1.29 is 9.53 Å². The van der Waals surface area contributed by atoms with Crippen molar-refractivity contribution in [1.82, 2.24) is 14.6 Å². The lowest BCUT2D eigenvalue weighted by Gasteiger charge is -2.07. The van der Waals surface area contributed by atoms with E-state index in [1.54, 1.807) is 11.6 Å². The Bertz CT molecular complexity index is 1180. The van der Waals surface area contributed by atoms with Gasteiger partial charge in [-0.15, -0.1) is 5.10 Å². The fourth-order valence-corrected chi connectivity index (χ4v) is 3.33. The number of aromatic nitrogens is 3. The van der Waals surface area contributed by atoms with Crippen LogP contribution in [0.25, 0.3) is 16.8 Å². The first kappa shape index (κ1) is 18.7. The number of anilines is 2. The minimum absolute atomic E-state index is 0.143. The number of aryl methyl sites for hydroxylation is 1. The van der Waals surface area contributed by atoms with Gasteiger partial charge in [0.2, 0.25) is 5.95 Å². The van der Waals surface area contributed by atoms with Gasteiger partial charge in [-0.1, -0.05) is 19.1 Å². The number of nitrogens with one attached hydrogen (secondary N) is 1. The van der Waals surface area contributed by atoms with Crippen LogP contribution in [0.1, 0.15) is 29.3 Å². The van der Waals surface area contributed by atoms with Crippen molar-refractivity contribution in [2.45, 2.75) is 20.3 Å². The SMILES string of the molecule is CCC(=O)c1ccc(Nc2nc3c(-c4ccc(OC)cc4)cccn3n2)cc1C. The van der Waals surface area contributed by atoms with Crippen LogP contribution in [0, 0.1) is 6.92 Å². The van der Waals surface area contributed by atoms with Crippen molar-refractivity contribution in [1.29, 1.82) is 0 Å². The highest BCUT2D eigenvalue weighted by molar-refractivity contribution is 5.97. The number of hydrogen-bond acceptors (Lipinski definition) is 5. The maximum atomic E-state index is 12.0. The minimum atomic E-state index is 0.143. The molecular formula is C23H22N4O2. The number of carbonyl (C=O) groups is 1. The monoisotopic (exact) mass is 386 g/mol. The minimum Gasteiger partial charge on any atom is -0.497 e. The number of rotatable bonds is 6. The third-order valence-corrected chi connectivity index (χ3v) is 4.87. The molecule has 0 aliphatic carbocycles. The summed E-state index contributed by atoms with van der Waals surface area (Å²) in [7, 11) is 1.65. The predicted octanol–water partition coefficient (Wildman–Crippen LogP) is 5.05. The number of hydrogen-bond donors (Lipinski definition) is 1. The number of benzene rings is 2. The molecule has 6 nitrogen and oxygen atoms in total. The van der Waals surface area contributed by atoms with Crippen molar-refractivity contribution in [3.63, 3.8) is 0 Å². The Morgan fingerprint density at radius 2 is 1.93 bits per heavy atom. The maximum absolute atomic E-state index is 12.0. The van der Waals surface area contributed by atoms with Crippen LogP contribution in [0.3, 0.4) is 0 Å². The Balaban J connectivity index is 1.66. The summed E-state index contributed by atoms with van der Waals surface area (Å²) >= 11 is 0. The molecule has 0 radical (unpaired) electrons. The molecule has 2 aromatic carbocycles. The van der Waals surface area contributed by atoms with E-state index < -0.39 is 0 Å². The summed E-state index contributed by atoms with van der Waals surface area (Å²) in [5.74, 6) is 1.45. The Kier molecular flexibility index (Phi) is 4.99. The van der Waals surface area contributed by atoms with E-state index in [0.717, 1.165) is 39.3 Å². The van der Waals surface area contributed by atoms with Gasteiger partial charge >= 0.3 is 0 Å². The van der Waals surface area contributed by atoms with Crippen LogP contribution in [-0.2, 0) is 0 Å². The van der Waals surface area contributed by atoms with Crippen molar-refractivity contribution >= 4 is 23.1 Å². The first-order chi connectivity index (χ1) is 14.1. The molecule has 0 fully saturated rings. The van der Waals surface area contributed by atoms with Gasteiger partial charge in [0.25, 0.3) is 0 Å². The highest BCUT2D eigenvalue weighted by Crippen LogP contribution is 2.27. The lowest BCUT2D eigenvalue weighted by atomic mass is 10.0. The molecular weight excluding hydrogens is 364 g/mol. The van der Waals surface area contributed by atoms with Crippen LogP contribution in [0.2, 0.25) is 0 Å². The molecule has 0 saturated carbocycles. The molecule has 0 atom stereocenters. The van der Waals surface area contributed by atoms with Crippen LogP contribution in [0.4, 0.5) is 11.6 Å². The average Bonchev–Trinajstić information content (AvgIpc) is 3.16. The lowest BCUT2D eigenvalue weighted by Crippen LogP contribution is -2.01. The molecule has 0 amide bonds. The molecule has 4 rings (SSSR count). The first-order valence-electron chi connectivity index (χ1n) is 9.49. The second-order valence-corrected chi connectivity index (χ2v) is 6.79. The summed E-state index contributed by atoms with van der Waals surface area (Å²) in [6.45, 7) is 3.81. The zero-order chi connectivity index (χ0) is 20.4. The Morgan fingerprint density at radius 3 is 2.62 bits per heavy atom. The van der Waals surface area contributed by atoms with Crippen LogP contribution in [-0.4, -0.2) is 27.5 Å². The van der Waals surface area contributed by atoms with Gasteiger partial charge in [0.15, 0.2) is 11.4 Å². The van der Waals surface area contributed by atoms with Crippen molar-refractivity contribution in [2.24, 2.45) is 0 Å². The van der Waals surface area contributed by atoms with Gasteiger partial charge in [-0.2, -0.15) is 4.98 Å². The normalized spacial score (nSPS) is 10.9. The summed E-state index contributed by atoms with van der Waals surface area (Å²) in [6, 6.07) is 17.5. The van der Waals surface area contributed by atoms with E-state index in [4.69, 9.17) is 4.74 Å². The quantitative estimate of drug-likeness (QED) is 0.470. The second kappa shape index (κ2) is 7.75. The lowest BCUT2D eigenvalue weighted by molar-refractivity contribution is 0.0987. The molecule has 0 aliphatic heterocycles. The summed E-state index contributed by atoms with van der Waals surface area (Å²) < 4.78 is 6.99. The van der Waals surface area contributed by atoms with Gasteiger partial charge in [0.05, 0.1) is 7.11 Å². The fraction of sp³-hybridized carbons (Fsp3) is 0.174. The van der Waals surface area contributed by atoms with Crippen LogP contribution >= 0.6 is 0 Å². The zero-order valence-electron chi connectivity index (χ0n) is 16.6. The van der Waals surface area contributed by atoms with Crippen molar-refractivity contribution in [3.8, 4) is 16.9 Å². The van der Waals surface area contributed by atoms with Gasteiger partial charge in [0.1, 0.15) is 5.75 Å². The standard InChI is InChI=1S/C23H22N4O2/c1-4-21(28)19-12-9-17(14-15(19)2)24-23-25-22-20(6-5-13-27(22)26-23)16-7-10-18(29-3)11-8-16/h5-14H,4H2,1-3H3,(H,24,26). The zero-order valence-corrected chi connectivity index (χ0v) is 16.6. The second-order valence-electron chi connectivity index (χ2n) is 6.79. The number of ketones is 1. The van der Waals surface area contributed by atoms with Crippen LogP contribution in [0.5, 0.6) is 5.75 Å². The van der Waals surface area contributed by atoms with Gasteiger partial charge in [-0.05, 0) is 60.5 Å². The van der Waals surface area contributed by atoms with E-state index in [1.165, 1.54) is 0 Å². The van der Waals surface area contributed by atoms with Gasteiger partial charge in [0, 0.05) is 29.4 Å². The molecule has 0 unspecified atom stereocenters. The largest absolute Gasteiger partial charge is 0.497 e. The van der Waals surface area contributed by atoms with Gasteiger partial charge in [-0.25, -0.2) is 4.52 Å². The van der Waals surface area contributed by atoms with E-state index in [0.29, 0.717) is 12.4 Å². The predicted molar refractivity (Wildman–Crippen MR) is 114 cm³/mol. The molecule has 0 saturated heterocycles. The fourth-order valence-electron chi connectivity index (χ4n) is 3.33. The number of nitrogens with zero attached hydrogens (tertiary/aromatic N) is 3. The number of fused-ring (bicyclic) bond motifs is 1. The first-order valence-corrected chi connectivity index (χ1v) is 9.49. The summed E-state index contributed by atoms with van der Waals surface area (Å²) in [5, 5.41) is 7.77. The highest BCUT2D eigenvalue weighted by atomic mass is 16.5. The number of Topliss-reactive ketones (excluding diaryl/α,β-unsaturated/α-hetero) is 1. The van der Waals surface area contributed by atoms with Crippen molar-refractivity contribution in [2.75, 3.05) is 12.4 Å². The summed E-state index contributed by atoms with van der Waals surface area (Å²) in [5.41, 5.74) is 5.31. The van der Waals surface area contributed by atoms with Crippen molar-refractivity contribution in [3.05, 3.63) is 71.9 Å². The molecule has 2 heterocycles. The molecule has 2 aromatic heterocycles. The van der Waals surface area contributed by atoms with Gasteiger partial charge in [-0.3, -0.25) is 4.79 Å². The van der Waals surface area contributed by atoms with Crippen LogP contribution < -0.4 is 10.1 Å². The van der Waals surface area contributed by atoms with Crippen LogP contribution in [0.15, 0.2) is 60.8 Å². The molecule has 0 aliphatic rings. The van der Waals surface area contributed by atoms with E-state index in [2.05, 4.69) is 15.4 Å². The smallest absolute Gasteiger partial charge is 0.247 e. The molecule has 0 spiro atoms. The third kappa shape index (κ3) is 3.69. The Morgan fingerprint density at radius 1 is 1.14 bits per heavy atom.